The first kappa shape index (κ1) is 12.4. The molecule has 2 aliphatic rings. The lowest BCUT2D eigenvalue weighted by Gasteiger charge is -2.34. The third-order valence-corrected chi connectivity index (χ3v) is 4.20. The van der Waals surface area contributed by atoms with E-state index in [1.54, 1.807) is 0 Å². The average Bonchev–Trinajstić information content (AvgIpc) is 2.73. The fraction of sp³-hybridized carbons (Fsp3) is 0.571. The van der Waals surface area contributed by atoms with E-state index in [2.05, 4.69) is 34.5 Å². The van der Waals surface area contributed by atoms with Crippen molar-refractivity contribution in [2.45, 2.75) is 18.9 Å². The van der Waals surface area contributed by atoms with Crippen LogP contribution in [0.1, 0.15) is 11.1 Å². The van der Waals surface area contributed by atoms with Crippen molar-refractivity contribution in [3.63, 3.8) is 0 Å². The summed E-state index contributed by atoms with van der Waals surface area (Å²) in [6, 6.07) is 6.83. The van der Waals surface area contributed by atoms with E-state index < -0.39 is 0 Å². The van der Waals surface area contributed by atoms with Gasteiger partial charge in [-0.3, -0.25) is 5.43 Å². The molecule has 1 fully saturated rings. The highest BCUT2D eigenvalue weighted by Gasteiger charge is 2.24. The zero-order valence-electron chi connectivity index (χ0n) is 10.8. The summed E-state index contributed by atoms with van der Waals surface area (Å²) < 4.78 is 0. The molecule has 4 heteroatoms. The Morgan fingerprint density at radius 1 is 1.11 bits per heavy atom. The molecule has 0 aromatic heterocycles. The molecular formula is C14H20ClN3. The Morgan fingerprint density at radius 2 is 1.83 bits per heavy atom. The molecule has 1 saturated heterocycles. The maximum Gasteiger partial charge on any atom is 0.0408 e. The summed E-state index contributed by atoms with van der Waals surface area (Å²) in [5.41, 5.74) is 6.53. The molecule has 0 bridgehead atoms. The van der Waals surface area contributed by atoms with Crippen molar-refractivity contribution in [1.82, 2.24) is 15.3 Å². The minimum atomic E-state index is 0.543. The quantitative estimate of drug-likeness (QED) is 0.876. The Morgan fingerprint density at radius 3 is 2.61 bits per heavy atom. The van der Waals surface area contributed by atoms with Crippen LogP contribution in [0.25, 0.3) is 0 Å². The highest BCUT2D eigenvalue weighted by Crippen LogP contribution is 2.25. The van der Waals surface area contributed by atoms with Gasteiger partial charge in [-0.2, -0.15) is 0 Å². The van der Waals surface area contributed by atoms with Crippen LogP contribution in [0.15, 0.2) is 18.2 Å². The Kier molecular flexibility index (Phi) is 3.57. The van der Waals surface area contributed by atoms with Gasteiger partial charge in [0.15, 0.2) is 0 Å². The van der Waals surface area contributed by atoms with Gasteiger partial charge in [0.2, 0.25) is 0 Å². The minimum Gasteiger partial charge on any atom is -0.304 e. The molecule has 3 rings (SSSR count). The molecule has 1 atom stereocenters. The maximum atomic E-state index is 6.04. The Hall–Kier alpha value is -0.610. The molecule has 0 radical (unpaired) electrons. The zero-order chi connectivity index (χ0) is 12.5. The summed E-state index contributed by atoms with van der Waals surface area (Å²) in [5, 5.41) is 3.23. The summed E-state index contributed by atoms with van der Waals surface area (Å²) in [7, 11) is 2.19. The van der Waals surface area contributed by atoms with Crippen LogP contribution in [-0.2, 0) is 12.8 Å². The number of hydrogen-bond acceptors (Lipinski definition) is 3. The van der Waals surface area contributed by atoms with Crippen LogP contribution in [0.3, 0.4) is 0 Å². The number of rotatable bonds is 2. The van der Waals surface area contributed by atoms with Gasteiger partial charge in [0.05, 0.1) is 0 Å². The molecule has 1 N–H and O–H groups in total. The van der Waals surface area contributed by atoms with Gasteiger partial charge in [-0.15, -0.1) is 0 Å². The van der Waals surface area contributed by atoms with Crippen LogP contribution in [0, 0.1) is 0 Å². The standard InChI is InChI=1S/C14H20ClN3/c1-17-4-6-18(7-5-17)16-14-9-11-2-3-13(15)8-12(11)10-14/h2-3,8,14,16H,4-7,9-10H2,1H3. The van der Waals surface area contributed by atoms with E-state index >= 15 is 0 Å². The van der Waals surface area contributed by atoms with E-state index in [9.17, 15) is 0 Å². The number of halogens is 1. The van der Waals surface area contributed by atoms with Gasteiger partial charge in [0, 0.05) is 37.2 Å². The molecule has 0 saturated carbocycles. The third kappa shape index (κ3) is 2.69. The van der Waals surface area contributed by atoms with Crippen molar-refractivity contribution in [3.05, 3.63) is 34.3 Å². The molecule has 1 heterocycles. The van der Waals surface area contributed by atoms with Crippen molar-refractivity contribution >= 4 is 11.6 Å². The number of nitrogens with zero attached hydrogens (tertiary/aromatic N) is 2. The molecule has 3 nitrogen and oxygen atoms in total. The zero-order valence-corrected chi connectivity index (χ0v) is 11.6. The highest BCUT2D eigenvalue weighted by molar-refractivity contribution is 6.30. The van der Waals surface area contributed by atoms with Gasteiger partial charge >= 0.3 is 0 Å². The van der Waals surface area contributed by atoms with E-state index in [1.807, 2.05) is 6.07 Å². The molecule has 1 aromatic rings. The van der Waals surface area contributed by atoms with E-state index in [0.29, 0.717) is 6.04 Å². The smallest absolute Gasteiger partial charge is 0.0408 e. The highest BCUT2D eigenvalue weighted by atomic mass is 35.5. The van der Waals surface area contributed by atoms with Gasteiger partial charge in [0.25, 0.3) is 0 Å². The number of hydrazine groups is 1. The van der Waals surface area contributed by atoms with Crippen LogP contribution in [-0.4, -0.2) is 49.2 Å². The predicted molar refractivity (Wildman–Crippen MR) is 74.9 cm³/mol. The van der Waals surface area contributed by atoms with Crippen LogP contribution in [0.4, 0.5) is 0 Å². The molecular weight excluding hydrogens is 246 g/mol. The molecule has 0 amide bonds. The normalized spacial score (nSPS) is 25.3. The van der Waals surface area contributed by atoms with Gasteiger partial charge in [0.1, 0.15) is 0 Å². The number of piperazine rings is 1. The monoisotopic (exact) mass is 265 g/mol. The Bertz CT molecular complexity index is 427. The molecule has 1 aliphatic carbocycles. The second kappa shape index (κ2) is 5.17. The third-order valence-electron chi connectivity index (χ3n) is 3.97. The van der Waals surface area contributed by atoms with Crippen LogP contribution in [0.2, 0.25) is 5.02 Å². The number of benzene rings is 1. The summed E-state index contributed by atoms with van der Waals surface area (Å²) in [6.07, 6.45) is 2.22. The summed E-state index contributed by atoms with van der Waals surface area (Å²) in [5.74, 6) is 0. The molecule has 98 valence electrons. The SMILES string of the molecule is CN1CCN(NC2Cc3ccc(Cl)cc3C2)CC1. The van der Waals surface area contributed by atoms with Crippen molar-refractivity contribution in [2.24, 2.45) is 0 Å². The Balaban J connectivity index is 1.58. The second-order valence-electron chi connectivity index (χ2n) is 5.44. The lowest BCUT2D eigenvalue weighted by atomic mass is 10.1. The number of likely N-dealkylation sites (N-methyl/N-ethyl adjacent to an activating group) is 1. The fourth-order valence-corrected chi connectivity index (χ4v) is 3.07. The first-order valence-corrected chi connectivity index (χ1v) is 7.05. The summed E-state index contributed by atoms with van der Waals surface area (Å²) >= 11 is 6.04. The lowest BCUT2D eigenvalue weighted by molar-refractivity contribution is 0.0884. The number of fused-ring (bicyclic) bond motifs is 1. The minimum absolute atomic E-state index is 0.543. The maximum absolute atomic E-state index is 6.04. The first-order valence-electron chi connectivity index (χ1n) is 6.68. The van der Waals surface area contributed by atoms with Crippen LogP contribution < -0.4 is 5.43 Å². The number of nitrogens with one attached hydrogen (secondary N) is 1. The van der Waals surface area contributed by atoms with Crippen molar-refractivity contribution < 1.29 is 0 Å². The van der Waals surface area contributed by atoms with Gasteiger partial charge < -0.3 is 4.90 Å². The van der Waals surface area contributed by atoms with E-state index in [-0.39, 0.29) is 0 Å². The van der Waals surface area contributed by atoms with E-state index in [0.717, 1.165) is 44.0 Å². The average molecular weight is 266 g/mol. The van der Waals surface area contributed by atoms with Gasteiger partial charge in [-0.25, -0.2) is 5.01 Å². The summed E-state index contributed by atoms with van der Waals surface area (Å²) in [4.78, 5) is 2.38. The Labute approximate surface area is 114 Å². The molecule has 0 spiro atoms. The van der Waals surface area contributed by atoms with Crippen molar-refractivity contribution in [1.29, 1.82) is 0 Å². The lowest BCUT2D eigenvalue weighted by Crippen LogP contribution is -2.54. The van der Waals surface area contributed by atoms with Gasteiger partial charge in [-0.1, -0.05) is 17.7 Å². The van der Waals surface area contributed by atoms with E-state index in [1.165, 1.54) is 11.1 Å². The van der Waals surface area contributed by atoms with E-state index in [4.69, 9.17) is 11.6 Å². The molecule has 1 unspecified atom stereocenters. The topological polar surface area (TPSA) is 18.5 Å². The molecule has 18 heavy (non-hydrogen) atoms. The van der Waals surface area contributed by atoms with Crippen LogP contribution >= 0.6 is 11.6 Å². The second-order valence-corrected chi connectivity index (χ2v) is 5.87. The van der Waals surface area contributed by atoms with Gasteiger partial charge in [-0.05, 0) is 43.1 Å². The predicted octanol–water partition coefficient (Wildman–Crippen LogP) is 1.56. The van der Waals surface area contributed by atoms with Crippen molar-refractivity contribution in [3.8, 4) is 0 Å². The fourth-order valence-electron chi connectivity index (χ4n) is 2.87. The molecule has 1 aliphatic heterocycles. The summed E-state index contributed by atoms with van der Waals surface area (Å²) in [6.45, 7) is 4.53. The first-order chi connectivity index (χ1) is 8.70. The molecule has 1 aromatic carbocycles. The largest absolute Gasteiger partial charge is 0.304 e. The van der Waals surface area contributed by atoms with Crippen LogP contribution in [0.5, 0.6) is 0 Å². The number of hydrogen-bond donors (Lipinski definition) is 1. The van der Waals surface area contributed by atoms with Crippen molar-refractivity contribution in [2.75, 3.05) is 33.2 Å².